The second-order valence-electron chi connectivity index (χ2n) is 3.41. The van der Waals surface area contributed by atoms with Crippen LogP contribution in [0.5, 0.6) is 0 Å². The molecule has 70 valence electrons. The van der Waals surface area contributed by atoms with Gasteiger partial charge in [0.2, 0.25) is 0 Å². The molecule has 0 aliphatic carbocycles. The summed E-state index contributed by atoms with van der Waals surface area (Å²) in [6, 6.07) is 6.54. The molecule has 1 aliphatic rings. The predicted molar refractivity (Wildman–Crippen MR) is 59.7 cm³/mol. The molecule has 2 rings (SSSR count). The molecular formula is C11H15NS. The van der Waals surface area contributed by atoms with Gasteiger partial charge in [0.25, 0.3) is 0 Å². The minimum absolute atomic E-state index is 0.721. The Hall–Kier alpha value is -0.630. The fourth-order valence-corrected chi connectivity index (χ4v) is 2.69. The van der Waals surface area contributed by atoms with E-state index in [1.165, 1.54) is 22.6 Å². The Morgan fingerprint density at radius 1 is 1.54 bits per heavy atom. The third-order valence-corrected chi connectivity index (χ3v) is 3.52. The lowest BCUT2D eigenvalue weighted by molar-refractivity contribution is 0.716. The van der Waals surface area contributed by atoms with Gasteiger partial charge < -0.3 is 5.32 Å². The zero-order valence-corrected chi connectivity index (χ0v) is 8.95. The van der Waals surface area contributed by atoms with Crippen LogP contribution in [0.1, 0.15) is 24.8 Å². The minimum atomic E-state index is 0.721. The summed E-state index contributed by atoms with van der Waals surface area (Å²) in [5, 5.41) is 3.46. The first-order chi connectivity index (χ1) is 6.36. The molecule has 1 heterocycles. The maximum absolute atomic E-state index is 3.46. The van der Waals surface area contributed by atoms with Crippen LogP contribution in [0.3, 0.4) is 0 Å². The summed E-state index contributed by atoms with van der Waals surface area (Å²) in [4.78, 5) is 1.44. The molecule has 1 aromatic carbocycles. The largest absolute Gasteiger partial charge is 0.384 e. The van der Waals surface area contributed by atoms with E-state index in [1.807, 2.05) is 11.8 Å². The molecule has 1 N–H and O–H groups in total. The van der Waals surface area contributed by atoms with Crippen LogP contribution in [0.25, 0.3) is 0 Å². The van der Waals surface area contributed by atoms with Gasteiger partial charge in [-0.2, -0.15) is 0 Å². The van der Waals surface area contributed by atoms with Gasteiger partial charge in [-0.15, -0.1) is 11.8 Å². The summed E-state index contributed by atoms with van der Waals surface area (Å²) in [6.07, 6.45) is 3.39. The molecule has 1 aliphatic heterocycles. The fourth-order valence-electron chi connectivity index (χ4n) is 1.98. The van der Waals surface area contributed by atoms with E-state index in [4.69, 9.17) is 0 Å². The topological polar surface area (TPSA) is 12.0 Å². The first-order valence-electron chi connectivity index (χ1n) is 4.77. The number of nitrogens with one attached hydrogen (secondary N) is 1. The molecule has 0 saturated heterocycles. The number of hydrogen-bond donors (Lipinski definition) is 1. The van der Waals surface area contributed by atoms with Crippen LogP contribution >= 0.6 is 11.8 Å². The molecule has 13 heavy (non-hydrogen) atoms. The van der Waals surface area contributed by atoms with Gasteiger partial charge in [0.05, 0.1) is 0 Å². The molecule has 0 radical (unpaired) electrons. The fraction of sp³-hybridized carbons (Fsp3) is 0.455. The Balaban J connectivity index is 2.46. The second-order valence-corrected chi connectivity index (χ2v) is 4.26. The van der Waals surface area contributed by atoms with Crippen LogP contribution in [-0.2, 0) is 0 Å². The SMILES string of the molecule is CCC1CNc2cccc(SC)c21. The molecular weight excluding hydrogens is 178 g/mol. The molecule has 0 saturated carbocycles. The zero-order valence-electron chi connectivity index (χ0n) is 8.13. The lowest BCUT2D eigenvalue weighted by Crippen LogP contribution is -2.00. The van der Waals surface area contributed by atoms with Crippen molar-refractivity contribution in [3.05, 3.63) is 23.8 Å². The van der Waals surface area contributed by atoms with Crippen molar-refractivity contribution in [2.75, 3.05) is 18.1 Å². The van der Waals surface area contributed by atoms with E-state index in [9.17, 15) is 0 Å². The number of rotatable bonds is 2. The van der Waals surface area contributed by atoms with Crippen molar-refractivity contribution in [1.29, 1.82) is 0 Å². The van der Waals surface area contributed by atoms with Crippen molar-refractivity contribution < 1.29 is 0 Å². The number of benzene rings is 1. The van der Waals surface area contributed by atoms with Gasteiger partial charge in [0.1, 0.15) is 0 Å². The average Bonchev–Trinajstić information content (AvgIpc) is 2.60. The van der Waals surface area contributed by atoms with Crippen LogP contribution in [0.15, 0.2) is 23.1 Å². The van der Waals surface area contributed by atoms with Gasteiger partial charge in [-0.1, -0.05) is 13.0 Å². The minimum Gasteiger partial charge on any atom is -0.384 e. The van der Waals surface area contributed by atoms with Gasteiger partial charge in [0.15, 0.2) is 0 Å². The maximum Gasteiger partial charge on any atom is 0.0387 e. The third-order valence-electron chi connectivity index (χ3n) is 2.73. The normalized spacial score (nSPS) is 19.7. The van der Waals surface area contributed by atoms with E-state index in [0.717, 1.165) is 12.5 Å². The average molecular weight is 193 g/mol. The second kappa shape index (κ2) is 3.62. The lowest BCUT2D eigenvalue weighted by atomic mass is 9.99. The first-order valence-corrected chi connectivity index (χ1v) is 6.00. The zero-order chi connectivity index (χ0) is 9.26. The third kappa shape index (κ3) is 1.44. The summed E-state index contributed by atoms with van der Waals surface area (Å²) < 4.78 is 0. The van der Waals surface area contributed by atoms with Crippen LogP contribution in [-0.4, -0.2) is 12.8 Å². The van der Waals surface area contributed by atoms with Gasteiger partial charge in [-0.25, -0.2) is 0 Å². The molecule has 2 heteroatoms. The van der Waals surface area contributed by atoms with E-state index < -0.39 is 0 Å². The van der Waals surface area contributed by atoms with Crippen molar-refractivity contribution in [2.45, 2.75) is 24.2 Å². The molecule has 1 atom stereocenters. The smallest absolute Gasteiger partial charge is 0.0387 e. The van der Waals surface area contributed by atoms with E-state index in [-0.39, 0.29) is 0 Å². The number of anilines is 1. The summed E-state index contributed by atoms with van der Waals surface area (Å²) in [5.74, 6) is 0.721. The van der Waals surface area contributed by atoms with Gasteiger partial charge in [-0.05, 0) is 30.4 Å². The summed E-state index contributed by atoms with van der Waals surface area (Å²) >= 11 is 1.85. The van der Waals surface area contributed by atoms with E-state index in [0.29, 0.717) is 0 Å². The maximum atomic E-state index is 3.46. The predicted octanol–water partition coefficient (Wildman–Crippen LogP) is 3.33. The number of hydrogen-bond acceptors (Lipinski definition) is 2. The lowest BCUT2D eigenvalue weighted by Gasteiger charge is -2.10. The van der Waals surface area contributed by atoms with Crippen LogP contribution < -0.4 is 5.32 Å². The van der Waals surface area contributed by atoms with E-state index in [2.05, 4.69) is 36.7 Å². The van der Waals surface area contributed by atoms with Crippen molar-refractivity contribution in [1.82, 2.24) is 0 Å². The first kappa shape index (κ1) is 8.95. The van der Waals surface area contributed by atoms with Gasteiger partial charge in [0, 0.05) is 23.0 Å². The van der Waals surface area contributed by atoms with Crippen LogP contribution in [0.4, 0.5) is 5.69 Å². The van der Waals surface area contributed by atoms with Crippen LogP contribution in [0, 0.1) is 0 Å². The highest BCUT2D eigenvalue weighted by atomic mass is 32.2. The Morgan fingerprint density at radius 2 is 2.38 bits per heavy atom. The summed E-state index contributed by atoms with van der Waals surface area (Å²) in [7, 11) is 0. The molecule has 0 spiro atoms. The molecule has 0 bridgehead atoms. The van der Waals surface area contributed by atoms with Crippen molar-refractivity contribution >= 4 is 17.4 Å². The standard InChI is InChI=1S/C11H15NS/c1-3-8-7-12-9-5-4-6-10(13-2)11(8)9/h4-6,8,12H,3,7H2,1-2H3. The Kier molecular flexibility index (Phi) is 2.49. The Bertz CT molecular complexity index is 309. The molecule has 1 unspecified atom stereocenters. The monoisotopic (exact) mass is 193 g/mol. The number of fused-ring (bicyclic) bond motifs is 1. The van der Waals surface area contributed by atoms with Gasteiger partial charge >= 0.3 is 0 Å². The molecule has 0 amide bonds. The van der Waals surface area contributed by atoms with Crippen LogP contribution in [0.2, 0.25) is 0 Å². The highest BCUT2D eigenvalue weighted by Gasteiger charge is 2.22. The summed E-state index contributed by atoms with van der Waals surface area (Å²) in [6.45, 7) is 3.38. The van der Waals surface area contributed by atoms with Crippen molar-refractivity contribution in [3.63, 3.8) is 0 Å². The van der Waals surface area contributed by atoms with Gasteiger partial charge in [-0.3, -0.25) is 0 Å². The quantitative estimate of drug-likeness (QED) is 0.723. The molecule has 1 aromatic rings. The highest BCUT2D eigenvalue weighted by Crippen LogP contribution is 2.39. The van der Waals surface area contributed by atoms with E-state index in [1.54, 1.807) is 0 Å². The molecule has 0 aromatic heterocycles. The van der Waals surface area contributed by atoms with E-state index >= 15 is 0 Å². The van der Waals surface area contributed by atoms with Crippen molar-refractivity contribution in [3.8, 4) is 0 Å². The highest BCUT2D eigenvalue weighted by molar-refractivity contribution is 7.98. The Labute approximate surface area is 83.9 Å². The Morgan fingerprint density at radius 3 is 3.08 bits per heavy atom. The van der Waals surface area contributed by atoms with Crippen molar-refractivity contribution in [2.24, 2.45) is 0 Å². The number of thioether (sulfide) groups is 1. The molecule has 1 nitrogen and oxygen atoms in total. The summed E-state index contributed by atoms with van der Waals surface area (Å²) in [5.41, 5.74) is 2.89. The molecule has 0 fully saturated rings.